The number of ether oxygens (including phenoxy) is 1. The van der Waals surface area contributed by atoms with Gasteiger partial charge in [-0.05, 0) is 6.07 Å². The van der Waals surface area contributed by atoms with Crippen molar-refractivity contribution in [2.24, 2.45) is 5.41 Å². The number of thiophene rings is 1. The SMILES string of the molecule is CC(C)(C)C1(O)COCc2c1oc(=O)c1sc(-c3c[nH]nc3F)cc21. The lowest BCUT2D eigenvalue weighted by atomic mass is 9.73. The monoisotopic (exact) mass is 364 g/mol. The molecule has 0 saturated heterocycles. The highest BCUT2D eigenvalue weighted by Crippen LogP contribution is 2.46. The minimum Gasteiger partial charge on any atom is -0.423 e. The number of hydrogen-bond donors (Lipinski definition) is 2. The molecule has 0 aromatic carbocycles. The molecule has 0 amide bonds. The van der Waals surface area contributed by atoms with Crippen LogP contribution in [-0.4, -0.2) is 21.9 Å². The standard InChI is InChI=1S/C17H17FN2O4S/c1-16(2,3)17(22)7-23-6-10-8-4-11(9-5-19-20-14(9)18)25-12(8)15(21)24-13(10)17/h4-5,22H,6-7H2,1-3H3,(H,19,20). The molecule has 1 aliphatic heterocycles. The fraction of sp³-hybridized carbons (Fsp3) is 0.412. The van der Waals surface area contributed by atoms with E-state index in [0.717, 1.165) is 11.3 Å². The average molecular weight is 364 g/mol. The van der Waals surface area contributed by atoms with E-state index in [9.17, 15) is 14.3 Å². The van der Waals surface area contributed by atoms with E-state index in [1.165, 1.54) is 6.20 Å². The third-order valence-electron chi connectivity index (χ3n) is 4.74. The van der Waals surface area contributed by atoms with Crippen LogP contribution in [0, 0.1) is 11.4 Å². The molecule has 0 bridgehead atoms. The summed E-state index contributed by atoms with van der Waals surface area (Å²) in [6.45, 7) is 5.84. The molecule has 2 N–H and O–H groups in total. The summed E-state index contributed by atoms with van der Waals surface area (Å²) in [5.41, 5.74) is -1.64. The highest BCUT2D eigenvalue weighted by atomic mass is 32.1. The predicted molar refractivity (Wildman–Crippen MR) is 90.9 cm³/mol. The number of fused-ring (bicyclic) bond motifs is 3. The van der Waals surface area contributed by atoms with Crippen LogP contribution >= 0.6 is 11.3 Å². The summed E-state index contributed by atoms with van der Waals surface area (Å²) in [7, 11) is 0. The van der Waals surface area contributed by atoms with Crippen molar-refractivity contribution in [3.63, 3.8) is 0 Å². The van der Waals surface area contributed by atoms with E-state index < -0.39 is 22.6 Å². The third-order valence-corrected chi connectivity index (χ3v) is 5.89. The molecule has 132 valence electrons. The molecule has 8 heteroatoms. The molecule has 0 spiro atoms. The summed E-state index contributed by atoms with van der Waals surface area (Å²) < 4.78 is 25.3. The summed E-state index contributed by atoms with van der Waals surface area (Å²) in [4.78, 5) is 13.1. The van der Waals surface area contributed by atoms with Gasteiger partial charge in [0.05, 0.1) is 18.8 Å². The highest BCUT2D eigenvalue weighted by molar-refractivity contribution is 7.22. The van der Waals surface area contributed by atoms with Gasteiger partial charge in [-0.15, -0.1) is 16.4 Å². The second-order valence-corrected chi connectivity index (χ2v) is 8.30. The Balaban J connectivity index is 2.01. The Kier molecular flexibility index (Phi) is 3.44. The third kappa shape index (κ3) is 2.28. The summed E-state index contributed by atoms with van der Waals surface area (Å²) >= 11 is 1.13. The molecule has 3 aromatic heterocycles. The number of aromatic amines is 1. The molecule has 0 radical (unpaired) electrons. The molecule has 25 heavy (non-hydrogen) atoms. The summed E-state index contributed by atoms with van der Waals surface area (Å²) in [6, 6.07) is 1.72. The van der Waals surface area contributed by atoms with Crippen molar-refractivity contribution in [2.75, 3.05) is 6.61 Å². The maximum absolute atomic E-state index is 13.8. The molecule has 1 atom stereocenters. The molecular formula is C17H17FN2O4S. The van der Waals surface area contributed by atoms with Gasteiger partial charge in [0.25, 0.3) is 0 Å². The van der Waals surface area contributed by atoms with Crippen molar-refractivity contribution in [1.29, 1.82) is 0 Å². The van der Waals surface area contributed by atoms with Crippen molar-refractivity contribution < 1.29 is 18.7 Å². The van der Waals surface area contributed by atoms with Crippen LogP contribution in [0.15, 0.2) is 21.5 Å². The Labute approximate surface area is 146 Å². The van der Waals surface area contributed by atoms with Gasteiger partial charge in [-0.1, -0.05) is 20.8 Å². The van der Waals surface area contributed by atoms with Crippen molar-refractivity contribution in [3.05, 3.63) is 40.0 Å². The average Bonchev–Trinajstić information content (AvgIpc) is 3.14. The van der Waals surface area contributed by atoms with Gasteiger partial charge in [-0.3, -0.25) is 5.10 Å². The summed E-state index contributed by atoms with van der Waals surface area (Å²) in [6.07, 6.45) is 1.44. The minimum absolute atomic E-state index is 0.0469. The van der Waals surface area contributed by atoms with E-state index in [1.807, 2.05) is 20.8 Å². The summed E-state index contributed by atoms with van der Waals surface area (Å²) in [5, 5.41) is 17.7. The summed E-state index contributed by atoms with van der Waals surface area (Å²) in [5.74, 6) is -0.395. The van der Waals surface area contributed by atoms with Crippen LogP contribution in [0.3, 0.4) is 0 Å². The first-order chi connectivity index (χ1) is 11.7. The fourth-order valence-corrected chi connectivity index (χ4v) is 4.14. The van der Waals surface area contributed by atoms with Gasteiger partial charge in [0, 0.05) is 27.4 Å². The number of H-pyrrole nitrogens is 1. The smallest absolute Gasteiger partial charge is 0.354 e. The van der Waals surface area contributed by atoms with Gasteiger partial charge in [-0.25, -0.2) is 4.79 Å². The first-order valence-electron chi connectivity index (χ1n) is 7.82. The maximum Gasteiger partial charge on any atom is 0.354 e. The lowest BCUT2D eigenvalue weighted by Crippen LogP contribution is -2.47. The van der Waals surface area contributed by atoms with Crippen LogP contribution < -0.4 is 5.63 Å². The van der Waals surface area contributed by atoms with E-state index in [-0.39, 0.29) is 24.5 Å². The molecule has 0 saturated carbocycles. The molecule has 4 heterocycles. The number of halogens is 1. The van der Waals surface area contributed by atoms with Crippen LogP contribution in [0.25, 0.3) is 20.5 Å². The van der Waals surface area contributed by atoms with Gasteiger partial charge in [-0.2, -0.15) is 4.39 Å². The van der Waals surface area contributed by atoms with Crippen molar-refractivity contribution >= 4 is 21.4 Å². The zero-order chi connectivity index (χ0) is 18.0. The Hall–Kier alpha value is -2.03. The minimum atomic E-state index is -1.42. The quantitative estimate of drug-likeness (QED) is 0.692. The van der Waals surface area contributed by atoms with Gasteiger partial charge >= 0.3 is 5.63 Å². The van der Waals surface area contributed by atoms with Gasteiger partial charge < -0.3 is 14.3 Å². The molecule has 1 unspecified atom stereocenters. The van der Waals surface area contributed by atoms with Crippen LogP contribution in [0.1, 0.15) is 32.1 Å². The van der Waals surface area contributed by atoms with Crippen LogP contribution in [0.2, 0.25) is 0 Å². The number of nitrogens with zero attached hydrogens (tertiary/aromatic N) is 1. The molecular weight excluding hydrogens is 347 g/mol. The second kappa shape index (κ2) is 5.23. The number of aromatic nitrogens is 2. The molecule has 1 aliphatic rings. The van der Waals surface area contributed by atoms with E-state index in [4.69, 9.17) is 9.15 Å². The highest BCUT2D eigenvalue weighted by Gasteiger charge is 2.48. The molecule has 6 nitrogen and oxygen atoms in total. The molecule has 3 aromatic rings. The van der Waals surface area contributed by atoms with Crippen molar-refractivity contribution in [3.8, 4) is 10.4 Å². The Bertz CT molecular complexity index is 1030. The second-order valence-electron chi connectivity index (χ2n) is 7.24. The fourth-order valence-electron chi connectivity index (χ4n) is 3.07. The van der Waals surface area contributed by atoms with E-state index in [1.54, 1.807) is 6.07 Å². The number of rotatable bonds is 1. The Morgan fingerprint density at radius 1 is 1.44 bits per heavy atom. The largest absolute Gasteiger partial charge is 0.423 e. The van der Waals surface area contributed by atoms with E-state index in [2.05, 4.69) is 10.2 Å². The van der Waals surface area contributed by atoms with Crippen molar-refractivity contribution in [2.45, 2.75) is 33.0 Å². The van der Waals surface area contributed by atoms with Gasteiger partial charge in [0.2, 0.25) is 5.95 Å². The van der Waals surface area contributed by atoms with Gasteiger partial charge in [0.1, 0.15) is 10.5 Å². The number of hydrogen-bond acceptors (Lipinski definition) is 6. The van der Waals surface area contributed by atoms with Crippen LogP contribution in [-0.2, 0) is 16.9 Å². The lowest BCUT2D eigenvalue weighted by molar-refractivity contribution is -0.151. The topological polar surface area (TPSA) is 88.4 Å². The molecule has 0 fully saturated rings. The zero-order valence-corrected chi connectivity index (χ0v) is 14.8. The van der Waals surface area contributed by atoms with Crippen LogP contribution in [0.5, 0.6) is 0 Å². The first kappa shape index (κ1) is 16.4. The zero-order valence-electron chi connectivity index (χ0n) is 14.0. The van der Waals surface area contributed by atoms with Crippen LogP contribution in [0.4, 0.5) is 4.39 Å². The number of nitrogens with one attached hydrogen (secondary N) is 1. The Morgan fingerprint density at radius 3 is 2.84 bits per heavy atom. The van der Waals surface area contributed by atoms with E-state index >= 15 is 0 Å². The lowest BCUT2D eigenvalue weighted by Gasteiger charge is -2.42. The van der Waals surface area contributed by atoms with Gasteiger partial charge in [0.15, 0.2) is 5.60 Å². The predicted octanol–water partition coefficient (Wildman–Crippen LogP) is 3.15. The molecule has 0 aliphatic carbocycles. The normalized spacial score (nSPS) is 20.8. The maximum atomic E-state index is 13.8. The van der Waals surface area contributed by atoms with Crippen molar-refractivity contribution in [1.82, 2.24) is 10.2 Å². The number of aliphatic hydroxyl groups is 1. The van der Waals surface area contributed by atoms with E-state index in [0.29, 0.717) is 20.5 Å². The first-order valence-corrected chi connectivity index (χ1v) is 8.64. The Morgan fingerprint density at radius 2 is 2.20 bits per heavy atom. The molecule has 4 rings (SSSR count).